The first-order valence-corrected chi connectivity index (χ1v) is 4.41. The maximum absolute atomic E-state index is 11.2. The van der Waals surface area contributed by atoms with Crippen molar-refractivity contribution < 1.29 is 14.7 Å². The van der Waals surface area contributed by atoms with Crippen molar-refractivity contribution in [2.75, 3.05) is 0 Å². The molecule has 0 bridgehead atoms. The lowest BCUT2D eigenvalue weighted by Gasteiger charge is -2.04. The van der Waals surface area contributed by atoms with E-state index in [0.29, 0.717) is 12.0 Å². The van der Waals surface area contributed by atoms with Crippen LogP contribution in [0.15, 0.2) is 18.2 Å². The average molecular weight is 203 g/mol. The highest BCUT2D eigenvalue weighted by molar-refractivity contribution is 6.40. The Labute approximate surface area is 86.8 Å². The lowest BCUT2D eigenvalue weighted by molar-refractivity contribution is -0.131. The van der Waals surface area contributed by atoms with Crippen LogP contribution in [-0.2, 0) is 11.2 Å². The van der Waals surface area contributed by atoms with Crippen LogP contribution in [0.5, 0.6) is 0 Å². The van der Waals surface area contributed by atoms with Gasteiger partial charge in [-0.05, 0) is 18.1 Å². The molecule has 0 saturated carbocycles. The number of Topliss-reactive ketones (excluding diaryl/α,β-unsaturated/α-hetero) is 1. The van der Waals surface area contributed by atoms with E-state index in [1.807, 2.05) is 13.0 Å². The van der Waals surface area contributed by atoms with Crippen molar-refractivity contribution in [3.63, 3.8) is 0 Å². The van der Waals surface area contributed by atoms with Gasteiger partial charge in [-0.2, -0.15) is 5.26 Å². The number of aryl methyl sites for hydroxylation is 1. The van der Waals surface area contributed by atoms with E-state index in [2.05, 4.69) is 0 Å². The number of rotatable bonds is 3. The van der Waals surface area contributed by atoms with Gasteiger partial charge in [-0.1, -0.05) is 19.1 Å². The molecule has 0 aliphatic rings. The lowest BCUT2D eigenvalue weighted by atomic mass is 9.97. The molecule has 0 unspecified atom stereocenters. The molecule has 1 rings (SSSR count). The highest BCUT2D eigenvalue weighted by atomic mass is 16.4. The zero-order chi connectivity index (χ0) is 11.4. The molecule has 0 heterocycles. The number of benzene rings is 1. The van der Waals surface area contributed by atoms with Crippen LogP contribution in [0.1, 0.15) is 28.4 Å². The minimum absolute atomic E-state index is 0.0376. The average Bonchev–Trinajstić information content (AvgIpc) is 2.26. The molecule has 76 valence electrons. The van der Waals surface area contributed by atoms with Crippen molar-refractivity contribution in [1.29, 1.82) is 5.26 Å². The Hall–Kier alpha value is -2.15. The van der Waals surface area contributed by atoms with Crippen molar-refractivity contribution in [3.8, 4) is 6.07 Å². The normalized spacial score (nSPS) is 9.33. The molecule has 4 heteroatoms. The number of carbonyl (C=O) groups is 2. The van der Waals surface area contributed by atoms with Gasteiger partial charge in [0.2, 0.25) is 0 Å². The van der Waals surface area contributed by atoms with Crippen LogP contribution in [0.3, 0.4) is 0 Å². The molecule has 1 aromatic rings. The third-order valence-electron chi connectivity index (χ3n) is 2.08. The molecule has 0 aromatic heterocycles. The summed E-state index contributed by atoms with van der Waals surface area (Å²) < 4.78 is 0. The van der Waals surface area contributed by atoms with E-state index in [9.17, 15) is 9.59 Å². The van der Waals surface area contributed by atoms with Crippen LogP contribution in [0.2, 0.25) is 0 Å². The number of nitrogens with zero attached hydrogens (tertiary/aromatic N) is 1. The SMILES string of the molecule is CCc1cccc(C(=O)C(=O)O)c1C#N. The Kier molecular flexibility index (Phi) is 3.19. The van der Waals surface area contributed by atoms with E-state index in [1.54, 1.807) is 12.1 Å². The zero-order valence-corrected chi connectivity index (χ0v) is 8.15. The van der Waals surface area contributed by atoms with Gasteiger partial charge in [0.25, 0.3) is 5.78 Å². The number of ketones is 1. The third kappa shape index (κ3) is 2.02. The van der Waals surface area contributed by atoms with Gasteiger partial charge >= 0.3 is 5.97 Å². The van der Waals surface area contributed by atoms with E-state index in [-0.39, 0.29) is 11.1 Å². The molecule has 0 saturated heterocycles. The molecule has 0 aliphatic carbocycles. The minimum Gasteiger partial charge on any atom is -0.475 e. The van der Waals surface area contributed by atoms with Crippen LogP contribution >= 0.6 is 0 Å². The van der Waals surface area contributed by atoms with Crippen molar-refractivity contribution in [1.82, 2.24) is 0 Å². The third-order valence-corrected chi connectivity index (χ3v) is 2.08. The van der Waals surface area contributed by atoms with Gasteiger partial charge < -0.3 is 5.11 Å². The summed E-state index contributed by atoms with van der Waals surface area (Å²) in [7, 11) is 0. The van der Waals surface area contributed by atoms with Crippen LogP contribution in [0, 0.1) is 11.3 Å². The molecule has 1 N–H and O–H groups in total. The number of carboxylic acid groups (broad SMARTS) is 1. The second kappa shape index (κ2) is 4.38. The first-order chi connectivity index (χ1) is 7.11. The Bertz CT molecular complexity index is 457. The molecule has 0 amide bonds. The summed E-state index contributed by atoms with van der Waals surface area (Å²) >= 11 is 0. The number of hydrogen-bond donors (Lipinski definition) is 1. The fraction of sp³-hybridized carbons (Fsp3) is 0.182. The van der Waals surface area contributed by atoms with Gasteiger partial charge in [-0.15, -0.1) is 0 Å². The van der Waals surface area contributed by atoms with Gasteiger partial charge in [0.1, 0.15) is 6.07 Å². The van der Waals surface area contributed by atoms with Crippen LogP contribution < -0.4 is 0 Å². The Morgan fingerprint density at radius 1 is 1.47 bits per heavy atom. The maximum Gasteiger partial charge on any atom is 0.377 e. The van der Waals surface area contributed by atoms with Crippen molar-refractivity contribution >= 4 is 11.8 Å². The largest absolute Gasteiger partial charge is 0.475 e. The predicted octanol–water partition coefficient (Wildman–Crippen LogP) is 1.39. The van der Waals surface area contributed by atoms with Gasteiger partial charge in [-0.3, -0.25) is 4.79 Å². The summed E-state index contributed by atoms with van der Waals surface area (Å²) in [5, 5.41) is 17.4. The molecule has 1 aromatic carbocycles. The molecule has 0 atom stereocenters. The van der Waals surface area contributed by atoms with Crippen LogP contribution in [-0.4, -0.2) is 16.9 Å². The molecule has 0 spiro atoms. The van der Waals surface area contributed by atoms with Crippen LogP contribution in [0.25, 0.3) is 0 Å². The minimum atomic E-state index is -1.54. The second-order valence-electron chi connectivity index (χ2n) is 2.94. The van der Waals surface area contributed by atoms with E-state index < -0.39 is 11.8 Å². The zero-order valence-electron chi connectivity index (χ0n) is 8.15. The molecule has 15 heavy (non-hydrogen) atoms. The summed E-state index contributed by atoms with van der Waals surface area (Å²) in [5.41, 5.74) is 0.807. The number of aliphatic carboxylic acids is 1. The fourth-order valence-electron chi connectivity index (χ4n) is 1.33. The summed E-state index contributed by atoms with van der Waals surface area (Å²) in [6, 6.07) is 6.51. The van der Waals surface area contributed by atoms with Crippen molar-refractivity contribution in [2.24, 2.45) is 0 Å². The number of hydrogen-bond acceptors (Lipinski definition) is 3. The molecule has 0 aliphatic heterocycles. The van der Waals surface area contributed by atoms with E-state index in [0.717, 1.165) is 0 Å². The highest BCUT2D eigenvalue weighted by Crippen LogP contribution is 2.15. The number of carbonyl (C=O) groups excluding carboxylic acids is 1. The summed E-state index contributed by atoms with van der Waals surface area (Å²) in [4.78, 5) is 21.8. The van der Waals surface area contributed by atoms with Gasteiger partial charge in [0, 0.05) is 5.56 Å². The van der Waals surface area contributed by atoms with Gasteiger partial charge in [0.15, 0.2) is 0 Å². The number of carboxylic acids is 1. The summed E-state index contributed by atoms with van der Waals surface area (Å²) in [6.07, 6.45) is 0.587. The first-order valence-electron chi connectivity index (χ1n) is 4.41. The van der Waals surface area contributed by atoms with Gasteiger partial charge in [0.05, 0.1) is 5.56 Å². The smallest absolute Gasteiger partial charge is 0.377 e. The molecule has 0 fully saturated rings. The molecular weight excluding hydrogens is 194 g/mol. The van der Waals surface area contributed by atoms with Crippen molar-refractivity contribution in [3.05, 3.63) is 34.9 Å². The molecule has 0 radical (unpaired) electrons. The van der Waals surface area contributed by atoms with Crippen LogP contribution in [0.4, 0.5) is 0 Å². The fourth-order valence-corrected chi connectivity index (χ4v) is 1.33. The summed E-state index contributed by atoms with van der Waals surface area (Å²) in [6.45, 7) is 1.84. The first kappa shape index (κ1) is 10.9. The van der Waals surface area contributed by atoms with E-state index in [1.165, 1.54) is 6.07 Å². The maximum atomic E-state index is 11.2. The van der Waals surface area contributed by atoms with Crippen molar-refractivity contribution in [2.45, 2.75) is 13.3 Å². The number of nitriles is 1. The second-order valence-corrected chi connectivity index (χ2v) is 2.94. The Balaban J connectivity index is 3.37. The summed E-state index contributed by atoms with van der Waals surface area (Å²) in [5.74, 6) is -2.58. The highest BCUT2D eigenvalue weighted by Gasteiger charge is 2.19. The Morgan fingerprint density at radius 3 is 2.60 bits per heavy atom. The predicted molar refractivity (Wildman–Crippen MR) is 52.5 cm³/mol. The molecular formula is C11H9NO3. The quantitative estimate of drug-likeness (QED) is 0.594. The topological polar surface area (TPSA) is 78.2 Å². The van der Waals surface area contributed by atoms with E-state index >= 15 is 0 Å². The molecule has 4 nitrogen and oxygen atoms in total. The lowest BCUT2D eigenvalue weighted by Crippen LogP contribution is -2.15. The monoisotopic (exact) mass is 203 g/mol. The standard InChI is InChI=1S/C11H9NO3/c1-2-7-4-3-5-8(9(7)6-12)10(13)11(14)15/h3-5H,2H2,1H3,(H,14,15). The van der Waals surface area contributed by atoms with E-state index in [4.69, 9.17) is 10.4 Å². The van der Waals surface area contributed by atoms with Gasteiger partial charge in [-0.25, -0.2) is 4.79 Å². The Morgan fingerprint density at radius 2 is 2.13 bits per heavy atom.